The molecule has 45 heavy (non-hydrogen) atoms. The maximum absolute atomic E-state index is 16.3. The molecule has 232 valence electrons. The number of benzene rings is 2. The highest BCUT2D eigenvalue weighted by Crippen LogP contribution is 2.45. The maximum Gasteiger partial charge on any atom is 0.332 e. The van der Waals surface area contributed by atoms with Crippen molar-refractivity contribution in [2.45, 2.75) is 71.6 Å². The summed E-state index contributed by atoms with van der Waals surface area (Å²) in [5.74, 6) is -1.98. The van der Waals surface area contributed by atoms with E-state index >= 15 is 4.39 Å². The number of ether oxygens (including phenoxy) is 2. The topological polar surface area (TPSA) is 101 Å². The minimum Gasteiger partial charge on any atom is -0.457 e. The number of carbonyl (C=O) groups is 2. The normalized spacial score (nSPS) is 13.8. The van der Waals surface area contributed by atoms with Gasteiger partial charge in [0.15, 0.2) is 12.4 Å². The number of imidazole rings is 1. The summed E-state index contributed by atoms with van der Waals surface area (Å²) in [6, 6.07) is 8.33. The number of nitrogens with zero attached hydrogens (tertiary/aromatic N) is 5. The Kier molecular flexibility index (Phi) is 7.72. The Morgan fingerprint density at radius 1 is 1.07 bits per heavy atom. The van der Waals surface area contributed by atoms with Gasteiger partial charge < -0.3 is 9.47 Å². The summed E-state index contributed by atoms with van der Waals surface area (Å²) in [6.45, 7) is 8.74. The molecular weight excluding hydrogens is 580 g/mol. The number of aromatic nitrogens is 5. The fraction of sp³-hybridized carbons (Fsp3) is 0.324. The van der Waals surface area contributed by atoms with Gasteiger partial charge in [0.1, 0.15) is 17.2 Å². The fourth-order valence-electron chi connectivity index (χ4n) is 5.23. The lowest BCUT2D eigenvalue weighted by Crippen LogP contribution is -2.22. The van der Waals surface area contributed by atoms with Crippen molar-refractivity contribution in [2.24, 2.45) is 0 Å². The first kappa shape index (κ1) is 30.1. The molecule has 0 atom stereocenters. The monoisotopic (exact) mass is 613 g/mol. The molecule has 0 spiro atoms. The number of carbonyl (C=O) groups excluding carboxylic acids is 2. The van der Waals surface area contributed by atoms with Gasteiger partial charge in [0.25, 0.3) is 0 Å². The van der Waals surface area contributed by atoms with Crippen LogP contribution in [0.1, 0.15) is 70.6 Å². The summed E-state index contributed by atoms with van der Waals surface area (Å²) in [5.41, 5.74) is 4.07. The summed E-state index contributed by atoms with van der Waals surface area (Å²) in [6.07, 6.45) is 8.75. The highest BCUT2D eigenvalue weighted by atomic mass is 19.1. The molecule has 0 saturated heterocycles. The van der Waals surface area contributed by atoms with E-state index < -0.39 is 23.4 Å². The van der Waals surface area contributed by atoms with Crippen molar-refractivity contribution in [3.05, 3.63) is 84.0 Å². The third-order valence-corrected chi connectivity index (χ3v) is 7.52. The second-order valence-corrected chi connectivity index (χ2v) is 12.5. The van der Waals surface area contributed by atoms with Gasteiger partial charge in [-0.3, -0.25) is 9.38 Å². The van der Waals surface area contributed by atoms with Crippen molar-refractivity contribution < 1.29 is 27.8 Å². The van der Waals surface area contributed by atoms with Gasteiger partial charge >= 0.3 is 11.9 Å². The molecule has 0 aliphatic heterocycles. The first-order valence-electron chi connectivity index (χ1n) is 14.8. The van der Waals surface area contributed by atoms with E-state index in [1.54, 1.807) is 51.2 Å². The minimum atomic E-state index is -0.771. The smallest absolute Gasteiger partial charge is 0.332 e. The second-order valence-electron chi connectivity index (χ2n) is 12.5. The first-order valence-corrected chi connectivity index (χ1v) is 14.8. The van der Waals surface area contributed by atoms with E-state index in [9.17, 15) is 14.0 Å². The molecule has 9 nitrogen and oxygen atoms in total. The van der Waals surface area contributed by atoms with Crippen LogP contribution in [-0.4, -0.2) is 41.7 Å². The Hall–Kier alpha value is -4.93. The summed E-state index contributed by atoms with van der Waals surface area (Å²) in [4.78, 5) is 33.4. The quantitative estimate of drug-likeness (QED) is 0.136. The molecular formula is C34H33F2N5O4. The minimum absolute atomic E-state index is 0.00193. The summed E-state index contributed by atoms with van der Waals surface area (Å²) >= 11 is 0. The number of rotatable bonds is 8. The standard InChI is InChI=1S/C34H33F2N5O4/c1-19(2)23-14-21(8-10-25(23)35)26-17-40-28(16-37-26)39-32(20-6-7-20)33(40)22-9-11-27-24(31(22)36)15-38-41(27)18-44-29(42)12-13-30(43)45-34(3,4)5/h8-17,19-20H,6-7,18H2,1-5H3/b13-12+. The number of hydrogen-bond acceptors (Lipinski definition) is 7. The van der Waals surface area contributed by atoms with Crippen LogP contribution in [0, 0.1) is 11.6 Å². The molecule has 0 radical (unpaired) electrons. The van der Waals surface area contributed by atoms with Crippen LogP contribution in [-0.2, 0) is 25.8 Å². The van der Waals surface area contributed by atoms with Crippen molar-refractivity contribution in [1.82, 2.24) is 24.1 Å². The van der Waals surface area contributed by atoms with Gasteiger partial charge in [-0.15, -0.1) is 0 Å². The second kappa shape index (κ2) is 11.5. The van der Waals surface area contributed by atoms with Crippen LogP contribution in [0.25, 0.3) is 39.1 Å². The maximum atomic E-state index is 16.3. The van der Waals surface area contributed by atoms with Crippen LogP contribution in [0.5, 0.6) is 0 Å². The van der Waals surface area contributed by atoms with Crippen molar-refractivity contribution in [3.63, 3.8) is 0 Å². The predicted molar refractivity (Wildman–Crippen MR) is 164 cm³/mol. The summed E-state index contributed by atoms with van der Waals surface area (Å²) in [5, 5.41) is 4.48. The van der Waals surface area contributed by atoms with E-state index in [1.807, 2.05) is 24.4 Å². The molecule has 2 aromatic carbocycles. The van der Waals surface area contributed by atoms with E-state index in [4.69, 9.17) is 14.5 Å². The van der Waals surface area contributed by atoms with E-state index in [-0.39, 0.29) is 29.8 Å². The van der Waals surface area contributed by atoms with Gasteiger partial charge in [0.05, 0.1) is 40.4 Å². The van der Waals surface area contributed by atoms with Crippen LogP contribution in [0.4, 0.5) is 8.78 Å². The SMILES string of the molecule is CC(C)c1cc(-c2cn3c(-c4ccc5c(cnn5COC(=O)/C=C/C(=O)OC(C)(C)C)c4F)c(C4CC4)nc3cn2)ccc1F. The molecule has 0 N–H and O–H groups in total. The number of fused-ring (bicyclic) bond motifs is 2. The summed E-state index contributed by atoms with van der Waals surface area (Å²) < 4.78 is 44.3. The zero-order chi connectivity index (χ0) is 32.0. The summed E-state index contributed by atoms with van der Waals surface area (Å²) in [7, 11) is 0. The molecule has 0 unspecified atom stereocenters. The molecule has 0 amide bonds. The third kappa shape index (κ3) is 6.20. The number of hydrogen-bond donors (Lipinski definition) is 0. The Morgan fingerprint density at radius 3 is 2.53 bits per heavy atom. The van der Waals surface area contributed by atoms with Gasteiger partial charge in [0.2, 0.25) is 0 Å². The predicted octanol–water partition coefficient (Wildman–Crippen LogP) is 7.09. The molecule has 6 rings (SSSR count). The number of esters is 2. The van der Waals surface area contributed by atoms with Crippen molar-refractivity contribution in [1.29, 1.82) is 0 Å². The van der Waals surface area contributed by atoms with E-state index in [0.29, 0.717) is 33.7 Å². The molecule has 3 aromatic heterocycles. The average Bonchev–Trinajstić information content (AvgIpc) is 3.64. The lowest BCUT2D eigenvalue weighted by molar-refractivity contribution is -0.149. The third-order valence-electron chi connectivity index (χ3n) is 7.52. The first-order chi connectivity index (χ1) is 21.4. The largest absolute Gasteiger partial charge is 0.457 e. The molecule has 1 saturated carbocycles. The van der Waals surface area contributed by atoms with Crippen LogP contribution in [0.15, 0.2) is 61.1 Å². The van der Waals surface area contributed by atoms with Gasteiger partial charge in [-0.25, -0.2) is 28.0 Å². The van der Waals surface area contributed by atoms with Crippen LogP contribution < -0.4 is 0 Å². The molecule has 1 fully saturated rings. The fourth-order valence-corrected chi connectivity index (χ4v) is 5.23. The zero-order valence-corrected chi connectivity index (χ0v) is 25.7. The molecule has 1 aliphatic carbocycles. The van der Waals surface area contributed by atoms with Gasteiger partial charge in [-0.05, 0) is 75.4 Å². The Bertz CT molecular complexity index is 1980. The molecule has 5 aromatic rings. The van der Waals surface area contributed by atoms with Crippen molar-refractivity contribution >= 4 is 28.5 Å². The van der Waals surface area contributed by atoms with Crippen LogP contribution in [0.2, 0.25) is 0 Å². The molecule has 3 heterocycles. The average molecular weight is 614 g/mol. The van der Waals surface area contributed by atoms with Crippen LogP contribution >= 0.6 is 0 Å². The Balaban J connectivity index is 1.32. The lowest BCUT2D eigenvalue weighted by Gasteiger charge is -2.17. The molecule has 0 bridgehead atoms. The Morgan fingerprint density at radius 2 is 1.82 bits per heavy atom. The van der Waals surface area contributed by atoms with Crippen LogP contribution in [0.3, 0.4) is 0 Å². The highest BCUT2D eigenvalue weighted by Gasteiger charge is 2.32. The zero-order valence-electron chi connectivity index (χ0n) is 25.7. The Labute approximate surface area is 258 Å². The van der Waals surface area contributed by atoms with Gasteiger partial charge in [0, 0.05) is 35.4 Å². The van der Waals surface area contributed by atoms with E-state index in [0.717, 1.165) is 36.3 Å². The van der Waals surface area contributed by atoms with Gasteiger partial charge in [-0.1, -0.05) is 13.8 Å². The van der Waals surface area contributed by atoms with Crippen molar-refractivity contribution in [3.8, 4) is 22.5 Å². The molecule has 11 heteroatoms. The van der Waals surface area contributed by atoms with E-state index in [2.05, 4.69) is 10.1 Å². The number of halogens is 2. The lowest BCUT2D eigenvalue weighted by atomic mass is 9.99. The highest BCUT2D eigenvalue weighted by molar-refractivity contribution is 5.92. The van der Waals surface area contributed by atoms with Crippen molar-refractivity contribution in [2.75, 3.05) is 0 Å². The van der Waals surface area contributed by atoms with E-state index in [1.165, 1.54) is 16.9 Å². The molecule has 1 aliphatic rings. The van der Waals surface area contributed by atoms with Gasteiger partial charge in [-0.2, -0.15) is 5.10 Å².